The highest BCUT2D eigenvalue weighted by Gasteiger charge is 2.14. The van der Waals surface area contributed by atoms with Gasteiger partial charge in [-0.15, -0.1) is 0 Å². The molecule has 1 aromatic rings. The maximum atomic E-state index is 9.03. The Morgan fingerprint density at radius 2 is 1.85 bits per heavy atom. The van der Waals surface area contributed by atoms with Gasteiger partial charge in [0.15, 0.2) is 0 Å². The molecule has 0 bridgehead atoms. The van der Waals surface area contributed by atoms with Crippen LogP contribution in [-0.2, 0) is 19.6 Å². The summed E-state index contributed by atoms with van der Waals surface area (Å²) in [6.45, 7) is 0.630. The summed E-state index contributed by atoms with van der Waals surface area (Å²) in [5.74, 6) is 0.848. The number of ether oxygens (including phenoxy) is 1. The SMILES string of the molecule is OCc1cc2c(cc1CO)OCC2. The Labute approximate surface area is 76.6 Å². The Morgan fingerprint density at radius 1 is 1.15 bits per heavy atom. The van der Waals surface area contributed by atoms with Crippen LogP contribution in [0.5, 0.6) is 5.75 Å². The molecule has 1 heterocycles. The molecule has 1 aliphatic heterocycles. The monoisotopic (exact) mass is 180 g/mol. The van der Waals surface area contributed by atoms with Gasteiger partial charge in [-0.3, -0.25) is 0 Å². The van der Waals surface area contributed by atoms with Gasteiger partial charge in [0.05, 0.1) is 19.8 Å². The number of rotatable bonds is 2. The quantitative estimate of drug-likeness (QED) is 0.701. The first-order valence-electron chi connectivity index (χ1n) is 4.34. The summed E-state index contributed by atoms with van der Waals surface area (Å²) in [6, 6.07) is 3.72. The molecule has 2 N–H and O–H groups in total. The molecule has 0 saturated carbocycles. The number of hydrogen-bond donors (Lipinski definition) is 2. The van der Waals surface area contributed by atoms with E-state index in [1.165, 1.54) is 0 Å². The van der Waals surface area contributed by atoms with Crippen LogP contribution in [0.2, 0.25) is 0 Å². The van der Waals surface area contributed by atoms with E-state index in [0.717, 1.165) is 28.9 Å². The van der Waals surface area contributed by atoms with Crippen LogP contribution >= 0.6 is 0 Å². The smallest absolute Gasteiger partial charge is 0.123 e. The standard InChI is InChI=1S/C10H12O3/c11-5-8-3-7-1-2-13-10(7)4-9(8)6-12/h3-4,11-12H,1-2,5-6H2. The number of aliphatic hydroxyl groups excluding tert-OH is 2. The van der Waals surface area contributed by atoms with Crippen molar-refractivity contribution in [1.29, 1.82) is 0 Å². The molecular weight excluding hydrogens is 168 g/mol. The number of fused-ring (bicyclic) bond motifs is 1. The van der Waals surface area contributed by atoms with Gasteiger partial charge >= 0.3 is 0 Å². The van der Waals surface area contributed by atoms with E-state index in [0.29, 0.717) is 6.61 Å². The van der Waals surface area contributed by atoms with Crippen molar-refractivity contribution in [3.8, 4) is 5.75 Å². The lowest BCUT2D eigenvalue weighted by atomic mass is 10.0. The second-order valence-electron chi connectivity index (χ2n) is 3.14. The van der Waals surface area contributed by atoms with Crippen molar-refractivity contribution < 1.29 is 14.9 Å². The minimum atomic E-state index is -0.0491. The van der Waals surface area contributed by atoms with Crippen molar-refractivity contribution in [2.24, 2.45) is 0 Å². The molecule has 0 spiro atoms. The Kier molecular flexibility index (Phi) is 2.20. The highest BCUT2D eigenvalue weighted by Crippen LogP contribution is 2.28. The van der Waals surface area contributed by atoms with Gasteiger partial charge in [-0.25, -0.2) is 0 Å². The van der Waals surface area contributed by atoms with Gasteiger partial charge in [0.2, 0.25) is 0 Å². The van der Waals surface area contributed by atoms with E-state index in [1.807, 2.05) is 12.1 Å². The lowest BCUT2D eigenvalue weighted by molar-refractivity contribution is 0.259. The first-order chi connectivity index (χ1) is 6.35. The zero-order valence-electron chi connectivity index (χ0n) is 7.29. The van der Waals surface area contributed by atoms with E-state index in [2.05, 4.69) is 0 Å². The molecule has 0 saturated heterocycles. The molecule has 0 fully saturated rings. The predicted molar refractivity (Wildman–Crippen MR) is 47.5 cm³/mol. The lowest BCUT2D eigenvalue weighted by Gasteiger charge is -2.07. The third-order valence-electron chi connectivity index (χ3n) is 2.35. The maximum Gasteiger partial charge on any atom is 0.123 e. The molecular formula is C10H12O3. The zero-order chi connectivity index (χ0) is 9.26. The first-order valence-corrected chi connectivity index (χ1v) is 4.34. The highest BCUT2D eigenvalue weighted by molar-refractivity contribution is 5.44. The van der Waals surface area contributed by atoms with Crippen LogP contribution in [-0.4, -0.2) is 16.8 Å². The second kappa shape index (κ2) is 3.36. The largest absolute Gasteiger partial charge is 0.493 e. The van der Waals surface area contributed by atoms with Crippen LogP contribution in [0.4, 0.5) is 0 Å². The van der Waals surface area contributed by atoms with Crippen LogP contribution in [0.25, 0.3) is 0 Å². The molecule has 3 heteroatoms. The van der Waals surface area contributed by atoms with Gasteiger partial charge in [0.25, 0.3) is 0 Å². The topological polar surface area (TPSA) is 49.7 Å². The highest BCUT2D eigenvalue weighted by atomic mass is 16.5. The first kappa shape index (κ1) is 8.53. The normalized spacial score (nSPS) is 14.0. The van der Waals surface area contributed by atoms with Gasteiger partial charge in [-0.1, -0.05) is 0 Å². The van der Waals surface area contributed by atoms with Crippen molar-refractivity contribution in [2.75, 3.05) is 6.61 Å². The minimum Gasteiger partial charge on any atom is -0.493 e. The Bertz CT molecular complexity index is 289. The Morgan fingerprint density at radius 3 is 2.54 bits per heavy atom. The molecule has 0 aliphatic carbocycles. The lowest BCUT2D eigenvalue weighted by Crippen LogP contribution is -1.95. The van der Waals surface area contributed by atoms with E-state index in [4.69, 9.17) is 14.9 Å². The summed E-state index contributed by atoms with van der Waals surface area (Å²) < 4.78 is 5.35. The number of hydrogen-bond acceptors (Lipinski definition) is 3. The number of benzene rings is 1. The van der Waals surface area contributed by atoms with Crippen molar-refractivity contribution in [3.05, 3.63) is 28.8 Å². The molecule has 2 rings (SSSR count). The third kappa shape index (κ3) is 1.41. The molecule has 1 aliphatic rings. The summed E-state index contributed by atoms with van der Waals surface area (Å²) >= 11 is 0. The van der Waals surface area contributed by atoms with E-state index < -0.39 is 0 Å². The van der Waals surface area contributed by atoms with Gasteiger partial charge in [-0.2, -0.15) is 0 Å². The number of aliphatic hydroxyl groups is 2. The van der Waals surface area contributed by atoms with Gasteiger partial charge in [0.1, 0.15) is 5.75 Å². The molecule has 0 amide bonds. The van der Waals surface area contributed by atoms with Crippen molar-refractivity contribution >= 4 is 0 Å². The van der Waals surface area contributed by atoms with E-state index in [-0.39, 0.29) is 13.2 Å². The molecule has 0 atom stereocenters. The molecule has 0 radical (unpaired) electrons. The van der Waals surface area contributed by atoms with Crippen molar-refractivity contribution in [1.82, 2.24) is 0 Å². The van der Waals surface area contributed by atoms with Crippen LogP contribution in [0.15, 0.2) is 12.1 Å². The van der Waals surface area contributed by atoms with E-state index in [9.17, 15) is 0 Å². The van der Waals surface area contributed by atoms with Crippen molar-refractivity contribution in [3.63, 3.8) is 0 Å². The summed E-state index contributed by atoms with van der Waals surface area (Å²) in [6.07, 6.45) is 0.897. The summed E-state index contributed by atoms with van der Waals surface area (Å²) in [5, 5.41) is 18.0. The minimum absolute atomic E-state index is 0.0246. The average Bonchev–Trinajstić information content (AvgIpc) is 2.62. The van der Waals surface area contributed by atoms with E-state index in [1.54, 1.807) is 0 Å². The van der Waals surface area contributed by atoms with Gasteiger partial charge < -0.3 is 14.9 Å². The Hall–Kier alpha value is -1.06. The predicted octanol–water partition coefficient (Wildman–Crippen LogP) is 0.606. The molecule has 70 valence electrons. The molecule has 0 aromatic heterocycles. The summed E-state index contributed by atoms with van der Waals surface area (Å²) in [7, 11) is 0. The average molecular weight is 180 g/mol. The maximum absolute atomic E-state index is 9.03. The zero-order valence-corrected chi connectivity index (χ0v) is 7.29. The van der Waals surface area contributed by atoms with Crippen LogP contribution in [0, 0.1) is 0 Å². The van der Waals surface area contributed by atoms with Gasteiger partial charge in [0, 0.05) is 6.42 Å². The van der Waals surface area contributed by atoms with Crippen molar-refractivity contribution in [2.45, 2.75) is 19.6 Å². The van der Waals surface area contributed by atoms with Crippen LogP contribution in [0.3, 0.4) is 0 Å². The fourth-order valence-corrected chi connectivity index (χ4v) is 1.61. The molecule has 3 nitrogen and oxygen atoms in total. The molecule has 0 unspecified atom stereocenters. The molecule has 1 aromatic carbocycles. The summed E-state index contributed by atoms with van der Waals surface area (Å²) in [5.41, 5.74) is 2.68. The Balaban J connectivity index is 2.47. The van der Waals surface area contributed by atoms with Crippen LogP contribution in [0.1, 0.15) is 16.7 Å². The van der Waals surface area contributed by atoms with E-state index >= 15 is 0 Å². The summed E-state index contributed by atoms with van der Waals surface area (Å²) in [4.78, 5) is 0. The molecule has 13 heavy (non-hydrogen) atoms. The van der Waals surface area contributed by atoms with Crippen LogP contribution < -0.4 is 4.74 Å². The van der Waals surface area contributed by atoms with Gasteiger partial charge in [-0.05, 0) is 28.8 Å². The second-order valence-corrected chi connectivity index (χ2v) is 3.14. The fraction of sp³-hybridized carbons (Fsp3) is 0.400. The third-order valence-corrected chi connectivity index (χ3v) is 2.35. The fourth-order valence-electron chi connectivity index (χ4n) is 1.61.